The highest BCUT2D eigenvalue weighted by Crippen LogP contribution is 2.45. The van der Waals surface area contributed by atoms with Gasteiger partial charge in [-0.1, -0.05) is 322 Å². The molecule has 0 bridgehead atoms. The molecule has 104 heavy (non-hydrogen) atoms. The number of allylic oxidation sites excluding steroid dienone is 22. The second-order valence-corrected chi connectivity index (χ2v) is 29.5. The second-order valence-electron chi connectivity index (χ2n) is 26.6. The molecule has 0 aliphatic heterocycles. The summed E-state index contributed by atoms with van der Waals surface area (Å²) in [6, 6.07) is 0. The Hall–Kier alpha value is -4.80. The molecule has 0 aliphatic carbocycles. The maximum atomic E-state index is 13.1. The Kier molecular flexibility index (Phi) is 72.9. The van der Waals surface area contributed by atoms with Crippen molar-refractivity contribution in [1.82, 2.24) is 0 Å². The zero-order chi connectivity index (χ0) is 76.0. The van der Waals surface area contributed by atoms with Crippen molar-refractivity contribution < 1.29 is 80.2 Å². The highest BCUT2D eigenvalue weighted by molar-refractivity contribution is 7.47. The number of ether oxygens (including phenoxy) is 4. The van der Waals surface area contributed by atoms with E-state index >= 15 is 0 Å². The number of esters is 4. The van der Waals surface area contributed by atoms with Crippen LogP contribution in [0.2, 0.25) is 0 Å². The Balaban J connectivity index is 5.46. The van der Waals surface area contributed by atoms with Crippen molar-refractivity contribution in [3.05, 3.63) is 134 Å². The summed E-state index contributed by atoms with van der Waals surface area (Å²) in [6.07, 6.45) is 85.9. The SMILES string of the molecule is CC/C=C\C/C=C\C/C=C\C/C=C\C/C=C\C/C=C\CCC(=O)O[C@H](COC(=O)CCCCC/C=C\C/C=C\C/C=C\C/C=C\C/C=C\CC)COP(=O)(O)OC[C@@H](O)COP(=O)(O)OC[C@@H](COC(=O)CCCCCCCCCCCCCCC)OC(=O)CCCCCCCCCCCCCCC. The number of rotatable bonds is 75. The minimum absolute atomic E-state index is 0.0409. The first-order chi connectivity index (χ1) is 50.7. The average molecular weight is 1500 g/mol. The van der Waals surface area contributed by atoms with Crippen LogP contribution in [0.1, 0.15) is 323 Å². The fourth-order valence-electron chi connectivity index (χ4n) is 10.6. The van der Waals surface area contributed by atoms with Crippen LogP contribution in [0.5, 0.6) is 0 Å². The van der Waals surface area contributed by atoms with Gasteiger partial charge in [0.05, 0.1) is 26.4 Å². The first kappa shape index (κ1) is 99.2. The molecule has 0 saturated heterocycles. The van der Waals surface area contributed by atoms with Gasteiger partial charge in [-0.05, 0) is 109 Å². The van der Waals surface area contributed by atoms with Gasteiger partial charge in [0.15, 0.2) is 12.2 Å². The lowest BCUT2D eigenvalue weighted by molar-refractivity contribution is -0.161. The third-order valence-electron chi connectivity index (χ3n) is 16.7. The van der Waals surface area contributed by atoms with Crippen LogP contribution in [0.4, 0.5) is 0 Å². The molecule has 0 aromatic carbocycles. The average Bonchev–Trinajstić information content (AvgIpc) is 0.935. The Morgan fingerprint density at radius 2 is 0.519 bits per heavy atom. The van der Waals surface area contributed by atoms with Crippen LogP contribution in [0, 0.1) is 0 Å². The molecule has 0 fully saturated rings. The van der Waals surface area contributed by atoms with Crippen LogP contribution >= 0.6 is 15.6 Å². The van der Waals surface area contributed by atoms with E-state index in [0.29, 0.717) is 32.1 Å². The first-order valence-corrected chi connectivity index (χ1v) is 43.4. The molecule has 5 atom stereocenters. The molecular formula is C85H144O17P2. The Bertz CT molecular complexity index is 2490. The van der Waals surface area contributed by atoms with Gasteiger partial charge in [-0.25, -0.2) is 9.13 Å². The van der Waals surface area contributed by atoms with E-state index in [1.807, 2.05) is 18.2 Å². The van der Waals surface area contributed by atoms with Crippen molar-refractivity contribution in [2.24, 2.45) is 0 Å². The van der Waals surface area contributed by atoms with E-state index in [0.717, 1.165) is 128 Å². The molecule has 3 N–H and O–H groups in total. The highest BCUT2D eigenvalue weighted by Gasteiger charge is 2.30. The molecule has 0 amide bonds. The van der Waals surface area contributed by atoms with Crippen molar-refractivity contribution in [2.45, 2.75) is 341 Å². The normalized spacial score (nSPS) is 14.6. The molecule has 19 heteroatoms. The summed E-state index contributed by atoms with van der Waals surface area (Å²) in [6.45, 7) is 4.55. The smallest absolute Gasteiger partial charge is 0.462 e. The van der Waals surface area contributed by atoms with Gasteiger partial charge in [-0.15, -0.1) is 0 Å². The van der Waals surface area contributed by atoms with Crippen LogP contribution < -0.4 is 0 Å². The molecule has 17 nitrogen and oxygen atoms in total. The Morgan fingerprint density at radius 3 is 0.827 bits per heavy atom. The molecule has 596 valence electrons. The summed E-state index contributed by atoms with van der Waals surface area (Å²) in [5.74, 6) is -2.30. The van der Waals surface area contributed by atoms with Crippen molar-refractivity contribution in [2.75, 3.05) is 39.6 Å². The molecule has 0 aliphatic rings. The van der Waals surface area contributed by atoms with E-state index < -0.39 is 97.5 Å². The van der Waals surface area contributed by atoms with Crippen LogP contribution in [0.15, 0.2) is 134 Å². The van der Waals surface area contributed by atoms with E-state index in [1.165, 1.54) is 109 Å². The fourth-order valence-corrected chi connectivity index (χ4v) is 12.1. The zero-order valence-corrected chi connectivity index (χ0v) is 66.9. The summed E-state index contributed by atoms with van der Waals surface area (Å²) in [7, 11) is -9.99. The van der Waals surface area contributed by atoms with Gasteiger partial charge < -0.3 is 33.8 Å². The van der Waals surface area contributed by atoms with Gasteiger partial charge in [-0.2, -0.15) is 0 Å². The number of phosphoric ester groups is 2. The monoisotopic (exact) mass is 1500 g/mol. The largest absolute Gasteiger partial charge is 0.472 e. The third kappa shape index (κ3) is 75.4. The topological polar surface area (TPSA) is 237 Å². The van der Waals surface area contributed by atoms with E-state index in [-0.39, 0.29) is 25.7 Å². The third-order valence-corrected chi connectivity index (χ3v) is 18.6. The summed E-state index contributed by atoms with van der Waals surface area (Å²) >= 11 is 0. The molecular weight excluding hydrogens is 1350 g/mol. The van der Waals surface area contributed by atoms with Gasteiger partial charge in [-0.3, -0.25) is 37.3 Å². The molecule has 0 aromatic rings. The molecule has 0 rings (SSSR count). The Morgan fingerprint density at radius 1 is 0.279 bits per heavy atom. The maximum Gasteiger partial charge on any atom is 0.472 e. The number of aliphatic hydroxyl groups excluding tert-OH is 1. The van der Waals surface area contributed by atoms with E-state index in [2.05, 4.69) is 143 Å². The van der Waals surface area contributed by atoms with Gasteiger partial charge in [0.25, 0.3) is 0 Å². The predicted molar refractivity (Wildman–Crippen MR) is 427 cm³/mol. The van der Waals surface area contributed by atoms with Crippen LogP contribution in [-0.2, 0) is 65.4 Å². The van der Waals surface area contributed by atoms with Crippen LogP contribution in [-0.4, -0.2) is 96.7 Å². The minimum atomic E-state index is -5.01. The van der Waals surface area contributed by atoms with Crippen molar-refractivity contribution >= 4 is 39.5 Å². The minimum Gasteiger partial charge on any atom is -0.462 e. The first-order valence-electron chi connectivity index (χ1n) is 40.4. The van der Waals surface area contributed by atoms with Gasteiger partial charge >= 0.3 is 39.5 Å². The number of carbonyl (C=O) groups excluding carboxylic acids is 4. The van der Waals surface area contributed by atoms with E-state index in [1.54, 1.807) is 0 Å². The van der Waals surface area contributed by atoms with Crippen molar-refractivity contribution in [3.8, 4) is 0 Å². The van der Waals surface area contributed by atoms with Gasteiger partial charge in [0, 0.05) is 25.7 Å². The molecule has 0 spiro atoms. The lowest BCUT2D eigenvalue weighted by Gasteiger charge is -2.21. The van der Waals surface area contributed by atoms with Crippen molar-refractivity contribution in [1.29, 1.82) is 0 Å². The second kappa shape index (κ2) is 76.4. The fraction of sp³-hybridized carbons (Fsp3) is 0.694. The molecule has 2 unspecified atom stereocenters. The predicted octanol–water partition coefficient (Wildman–Crippen LogP) is 23.7. The number of aliphatic hydroxyl groups is 1. The molecule has 0 radical (unpaired) electrons. The zero-order valence-electron chi connectivity index (χ0n) is 65.2. The van der Waals surface area contributed by atoms with E-state index in [9.17, 15) is 43.2 Å². The highest BCUT2D eigenvalue weighted by atomic mass is 31.2. The van der Waals surface area contributed by atoms with E-state index in [4.69, 9.17) is 37.0 Å². The quantitative estimate of drug-likeness (QED) is 0.0169. The summed E-state index contributed by atoms with van der Waals surface area (Å²) < 4.78 is 68.5. The van der Waals surface area contributed by atoms with Crippen LogP contribution in [0.3, 0.4) is 0 Å². The van der Waals surface area contributed by atoms with Crippen LogP contribution in [0.25, 0.3) is 0 Å². The number of hydrogen-bond acceptors (Lipinski definition) is 15. The Labute approximate surface area is 631 Å². The lowest BCUT2D eigenvalue weighted by atomic mass is 10.0. The standard InChI is InChI=1S/C85H144O17P2/c1-5-9-13-17-21-25-29-33-35-37-39-41-43-47-50-54-58-62-66-70-83(88)96-76-81(102-85(90)72-68-64-60-56-52-48-44-42-40-38-36-34-30-26-22-18-14-10-6-2)78-100-104(93,94)98-74-79(86)73-97-103(91,92)99-77-80(101-84(89)71-67-63-59-55-51-46-32-28-24-20-16-12-8-4)75-95-82(87)69-65-61-57-53-49-45-31-27-23-19-15-11-7-3/h9-10,13-14,21-22,25-26,33-36,39-42,47-48,50,52,60,64,79-81,86H,5-8,11-12,15-20,23-24,27-32,37-38,43-46,49,51,53-59,61-63,65-78H2,1-4H3,(H,91,92)(H,93,94)/b13-9-,14-10-,25-21-,26-22-,35-33-,36-34-,41-39-,42-40-,50-47-,52-48-,64-60-/t79-,80+,81+/m0/s1. The van der Waals surface area contributed by atoms with Gasteiger partial charge in [0.1, 0.15) is 19.3 Å². The number of carbonyl (C=O) groups is 4. The summed E-state index contributed by atoms with van der Waals surface area (Å²) in [5, 5.41) is 10.6. The summed E-state index contributed by atoms with van der Waals surface area (Å²) in [4.78, 5) is 73.0. The number of unbranched alkanes of at least 4 members (excludes halogenated alkanes) is 27. The molecule has 0 saturated carbocycles. The molecule has 0 heterocycles. The maximum absolute atomic E-state index is 13.1. The molecule has 0 aromatic heterocycles. The summed E-state index contributed by atoms with van der Waals surface area (Å²) in [5.41, 5.74) is 0. The number of phosphoric acid groups is 2. The lowest BCUT2D eigenvalue weighted by Crippen LogP contribution is -2.30. The number of hydrogen-bond donors (Lipinski definition) is 3. The van der Waals surface area contributed by atoms with Gasteiger partial charge in [0.2, 0.25) is 0 Å². The van der Waals surface area contributed by atoms with Crippen molar-refractivity contribution in [3.63, 3.8) is 0 Å².